The Kier molecular flexibility index (Phi) is 6.24. The highest BCUT2D eigenvalue weighted by Gasteiger charge is 2.22. The maximum absolute atomic E-state index is 11.5. The predicted molar refractivity (Wildman–Crippen MR) is 102 cm³/mol. The average molecular weight is 364 g/mol. The molecule has 1 aliphatic rings. The van der Waals surface area contributed by atoms with Crippen LogP contribution < -0.4 is 38.1 Å². The molecule has 1 heterocycles. The van der Waals surface area contributed by atoms with E-state index in [4.69, 9.17) is 23.2 Å². The third-order valence-electron chi connectivity index (χ3n) is 4.31. The van der Waals surface area contributed by atoms with Crippen LogP contribution in [0.15, 0.2) is 18.2 Å². The third-order valence-corrected chi connectivity index (χ3v) is 4.31. The van der Waals surface area contributed by atoms with E-state index >= 15 is 0 Å². The molecule has 0 spiro atoms. The van der Waals surface area contributed by atoms with Crippen molar-refractivity contribution >= 4 is 29.1 Å². The number of hydrogen-bond donors (Lipinski definition) is 4. The smallest absolute Gasteiger partial charge is 0.333 e. The van der Waals surface area contributed by atoms with Crippen molar-refractivity contribution < 1.29 is 9.59 Å². The van der Waals surface area contributed by atoms with Gasteiger partial charge in [-0.25, -0.2) is 31.3 Å². The van der Waals surface area contributed by atoms with Crippen LogP contribution in [0.25, 0.3) is 0 Å². The molecule has 0 saturated carbocycles. The number of amides is 4. The van der Waals surface area contributed by atoms with Crippen molar-refractivity contribution in [3.8, 4) is 0 Å². The lowest BCUT2D eigenvalue weighted by atomic mass is 10.1. The molecule has 0 atom stereocenters. The molecule has 4 amide bonds. The zero-order valence-corrected chi connectivity index (χ0v) is 15.3. The van der Waals surface area contributed by atoms with Crippen molar-refractivity contribution in [3.05, 3.63) is 18.2 Å². The number of rotatable bonds is 5. The van der Waals surface area contributed by atoms with Gasteiger partial charge >= 0.3 is 12.1 Å². The van der Waals surface area contributed by atoms with E-state index in [2.05, 4.69) is 23.6 Å². The first-order valence-electron chi connectivity index (χ1n) is 8.50. The lowest BCUT2D eigenvalue weighted by Gasteiger charge is -2.37. The normalized spacial score (nSPS) is 15.2. The molecular weight excluding hydrogens is 336 g/mol. The fraction of sp³-hybridized carbons (Fsp3) is 0.500. The number of hydrazine groups is 2. The zero-order chi connectivity index (χ0) is 19.4. The zero-order valence-electron chi connectivity index (χ0n) is 15.3. The van der Waals surface area contributed by atoms with Crippen LogP contribution >= 0.6 is 0 Å². The third kappa shape index (κ3) is 4.54. The van der Waals surface area contributed by atoms with Crippen LogP contribution in [-0.2, 0) is 0 Å². The lowest BCUT2D eigenvalue weighted by Crippen LogP contribution is -2.48. The first-order chi connectivity index (χ1) is 12.2. The minimum absolute atomic E-state index is 0.195. The highest BCUT2D eigenvalue weighted by molar-refractivity contribution is 5.99. The molecule has 0 unspecified atom stereocenters. The van der Waals surface area contributed by atoms with Crippen LogP contribution in [0.4, 0.5) is 26.7 Å². The summed E-state index contributed by atoms with van der Waals surface area (Å²) in [5.74, 6) is 12.0. The Morgan fingerprint density at radius 1 is 1.00 bits per heavy atom. The van der Waals surface area contributed by atoms with Gasteiger partial charge in [0.15, 0.2) is 0 Å². The molecule has 2 rings (SSSR count). The highest BCUT2D eigenvalue weighted by atomic mass is 16.2. The number of primary amides is 2. The van der Waals surface area contributed by atoms with Gasteiger partial charge < -0.3 is 16.4 Å². The number of carbonyl (C=O) groups is 2. The SMILES string of the molecule is CC(C)CN1CCN(c2ccc(N(N)C(N)=O)c(N(N)C(N)=O)c2)CC1. The van der Waals surface area contributed by atoms with Gasteiger partial charge in [0.25, 0.3) is 0 Å². The molecule has 8 N–H and O–H groups in total. The van der Waals surface area contributed by atoms with E-state index in [1.54, 1.807) is 12.1 Å². The summed E-state index contributed by atoms with van der Waals surface area (Å²) in [7, 11) is 0. The molecule has 10 nitrogen and oxygen atoms in total. The van der Waals surface area contributed by atoms with E-state index in [0.717, 1.165) is 48.4 Å². The minimum Gasteiger partial charge on any atom is -0.369 e. The molecule has 0 aliphatic carbocycles. The number of urea groups is 2. The molecule has 26 heavy (non-hydrogen) atoms. The van der Waals surface area contributed by atoms with Gasteiger partial charge in [-0.15, -0.1) is 0 Å². The molecule has 1 aliphatic heterocycles. The van der Waals surface area contributed by atoms with Crippen molar-refractivity contribution in [1.29, 1.82) is 0 Å². The molecule has 1 saturated heterocycles. The second kappa shape index (κ2) is 8.21. The Balaban J connectivity index is 2.24. The van der Waals surface area contributed by atoms with E-state index in [9.17, 15) is 9.59 Å². The molecule has 1 aromatic carbocycles. The van der Waals surface area contributed by atoms with Crippen LogP contribution in [0.3, 0.4) is 0 Å². The van der Waals surface area contributed by atoms with Gasteiger partial charge in [0.05, 0.1) is 11.4 Å². The molecule has 1 aromatic rings. The molecule has 1 fully saturated rings. The largest absolute Gasteiger partial charge is 0.369 e. The fourth-order valence-electron chi connectivity index (χ4n) is 3.05. The van der Waals surface area contributed by atoms with Crippen molar-refractivity contribution in [2.75, 3.05) is 47.6 Å². The number of benzene rings is 1. The van der Waals surface area contributed by atoms with Crippen molar-refractivity contribution in [3.63, 3.8) is 0 Å². The van der Waals surface area contributed by atoms with Gasteiger partial charge in [-0.2, -0.15) is 0 Å². The van der Waals surface area contributed by atoms with Gasteiger partial charge in [-0.3, -0.25) is 4.90 Å². The molecule has 0 bridgehead atoms. The molecule has 0 radical (unpaired) electrons. The minimum atomic E-state index is -0.876. The summed E-state index contributed by atoms with van der Waals surface area (Å²) >= 11 is 0. The summed E-state index contributed by atoms with van der Waals surface area (Å²) in [5, 5.41) is 1.47. The number of anilines is 3. The summed E-state index contributed by atoms with van der Waals surface area (Å²) in [6.45, 7) is 9.05. The maximum Gasteiger partial charge on any atom is 0.333 e. The van der Waals surface area contributed by atoms with Crippen molar-refractivity contribution in [2.24, 2.45) is 29.1 Å². The Hall–Kier alpha value is -2.56. The number of hydrogen-bond acceptors (Lipinski definition) is 6. The fourth-order valence-corrected chi connectivity index (χ4v) is 3.05. The lowest BCUT2D eigenvalue weighted by molar-refractivity contribution is 0.231. The summed E-state index contributed by atoms with van der Waals surface area (Å²) < 4.78 is 0. The first-order valence-corrected chi connectivity index (χ1v) is 8.50. The average Bonchev–Trinajstić information content (AvgIpc) is 2.60. The highest BCUT2D eigenvalue weighted by Crippen LogP contribution is 2.32. The molecule has 144 valence electrons. The predicted octanol–water partition coefficient (Wildman–Crippen LogP) is -0.0178. The van der Waals surface area contributed by atoms with Gasteiger partial charge in [-0.05, 0) is 24.1 Å². The van der Waals surface area contributed by atoms with E-state index in [1.165, 1.54) is 0 Å². The maximum atomic E-state index is 11.5. The van der Waals surface area contributed by atoms with Gasteiger partial charge in [0, 0.05) is 38.4 Å². The van der Waals surface area contributed by atoms with Crippen LogP contribution in [-0.4, -0.2) is 49.7 Å². The Morgan fingerprint density at radius 2 is 1.54 bits per heavy atom. The van der Waals surface area contributed by atoms with E-state index in [1.807, 2.05) is 6.07 Å². The van der Waals surface area contributed by atoms with Crippen molar-refractivity contribution in [2.45, 2.75) is 13.8 Å². The monoisotopic (exact) mass is 364 g/mol. The Bertz CT molecular complexity index is 658. The standard InChI is InChI=1S/C16H28N8O2/c1-11(2)10-21-5-7-22(8-6-21)12-3-4-13(23(19)15(17)25)14(9-12)24(20)16(18)26/h3-4,9,11H,5-8,10,19-20H2,1-2H3,(H2,17,25)(H2,18,26). The molecule has 0 aromatic heterocycles. The second-order valence-corrected chi connectivity index (χ2v) is 6.77. The Labute approximate surface area is 153 Å². The van der Waals surface area contributed by atoms with Gasteiger partial charge in [0.2, 0.25) is 0 Å². The van der Waals surface area contributed by atoms with Crippen LogP contribution in [0.5, 0.6) is 0 Å². The van der Waals surface area contributed by atoms with E-state index in [0.29, 0.717) is 5.92 Å². The summed E-state index contributed by atoms with van der Waals surface area (Å²) in [6, 6.07) is 3.34. The van der Waals surface area contributed by atoms with E-state index < -0.39 is 12.1 Å². The molecule has 10 heteroatoms. The number of nitrogens with zero attached hydrogens (tertiary/aromatic N) is 4. The van der Waals surface area contributed by atoms with Crippen LogP contribution in [0.1, 0.15) is 13.8 Å². The second-order valence-electron chi connectivity index (χ2n) is 6.77. The summed E-state index contributed by atoms with van der Waals surface area (Å²) in [4.78, 5) is 27.5. The summed E-state index contributed by atoms with van der Waals surface area (Å²) in [5.41, 5.74) is 11.8. The van der Waals surface area contributed by atoms with Crippen molar-refractivity contribution in [1.82, 2.24) is 4.90 Å². The topological polar surface area (TPSA) is 151 Å². The number of piperazine rings is 1. The first kappa shape index (κ1) is 19.8. The van der Waals surface area contributed by atoms with Crippen LogP contribution in [0.2, 0.25) is 0 Å². The Morgan fingerprint density at radius 3 is 2.04 bits per heavy atom. The quantitative estimate of drug-likeness (QED) is 0.327. The number of nitrogens with two attached hydrogens (primary N) is 4. The van der Waals surface area contributed by atoms with Crippen LogP contribution in [0, 0.1) is 5.92 Å². The van der Waals surface area contributed by atoms with Gasteiger partial charge in [-0.1, -0.05) is 13.8 Å². The molecular formula is C16H28N8O2. The summed E-state index contributed by atoms with van der Waals surface area (Å²) in [6.07, 6.45) is 0. The van der Waals surface area contributed by atoms with E-state index in [-0.39, 0.29) is 11.4 Å². The van der Waals surface area contributed by atoms with Gasteiger partial charge in [0.1, 0.15) is 0 Å². The number of carbonyl (C=O) groups excluding carboxylic acids is 2.